The van der Waals surface area contributed by atoms with E-state index < -0.39 is 23.3 Å². The van der Waals surface area contributed by atoms with Crippen molar-refractivity contribution in [3.05, 3.63) is 29.3 Å². The number of hydrogen-bond donors (Lipinski definition) is 2. The number of ether oxygens (including phenoxy) is 1. The van der Waals surface area contributed by atoms with E-state index in [9.17, 15) is 23.1 Å². The number of carbonyl (C=O) groups is 1. The van der Waals surface area contributed by atoms with Crippen LogP contribution in [0.3, 0.4) is 0 Å². The molecule has 18 heavy (non-hydrogen) atoms. The van der Waals surface area contributed by atoms with E-state index in [0.29, 0.717) is 0 Å². The Morgan fingerprint density at radius 2 is 1.89 bits per heavy atom. The third-order valence-corrected chi connectivity index (χ3v) is 2.49. The number of phenolic OH excluding ortho intramolecular Hbond substituents is 1. The first-order valence-electron chi connectivity index (χ1n) is 4.82. The van der Waals surface area contributed by atoms with Crippen LogP contribution in [0.5, 0.6) is 5.75 Å². The fourth-order valence-corrected chi connectivity index (χ4v) is 1.58. The lowest BCUT2D eigenvalue weighted by Crippen LogP contribution is -2.50. The van der Waals surface area contributed by atoms with E-state index in [4.69, 9.17) is 5.11 Å². The topological polar surface area (TPSA) is 66.8 Å². The third-order valence-electron chi connectivity index (χ3n) is 2.49. The molecule has 7 heteroatoms. The summed E-state index contributed by atoms with van der Waals surface area (Å²) in [5.41, 5.74) is -4.51. The van der Waals surface area contributed by atoms with Gasteiger partial charge in [-0.05, 0) is 24.6 Å². The summed E-state index contributed by atoms with van der Waals surface area (Å²) in [4.78, 5) is 11.3. The lowest BCUT2D eigenvalue weighted by atomic mass is 9.89. The van der Waals surface area contributed by atoms with Gasteiger partial charge in [0.2, 0.25) is 0 Å². The Labute approximate surface area is 101 Å². The van der Waals surface area contributed by atoms with E-state index in [0.717, 1.165) is 25.3 Å². The summed E-state index contributed by atoms with van der Waals surface area (Å²) in [6, 6.07) is 2.78. The van der Waals surface area contributed by atoms with Gasteiger partial charge in [-0.2, -0.15) is 13.2 Å². The van der Waals surface area contributed by atoms with Crippen molar-refractivity contribution < 1.29 is 32.9 Å². The Hall–Kier alpha value is -1.76. The summed E-state index contributed by atoms with van der Waals surface area (Å²) in [6.07, 6.45) is -5.23. The molecule has 0 aliphatic rings. The first-order valence-corrected chi connectivity index (χ1v) is 4.82. The van der Waals surface area contributed by atoms with Crippen molar-refractivity contribution in [2.24, 2.45) is 0 Å². The van der Waals surface area contributed by atoms with Gasteiger partial charge in [0.25, 0.3) is 5.60 Å². The van der Waals surface area contributed by atoms with Crippen molar-refractivity contribution in [3.8, 4) is 5.75 Å². The van der Waals surface area contributed by atoms with Crippen molar-refractivity contribution in [1.82, 2.24) is 0 Å². The number of hydrogen-bond acceptors (Lipinski definition) is 4. The van der Waals surface area contributed by atoms with Crippen molar-refractivity contribution in [2.45, 2.75) is 18.7 Å². The molecule has 100 valence electrons. The summed E-state index contributed by atoms with van der Waals surface area (Å²) >= 11 is 0. The number of benzene rings is 1. The molecule has 0 unspecified atom stereocenters. The second-order valence-corrected chi connectivity index (χ2v) is 3.70. The van der Waals surface area contributed by atoms with E-state index in [1.807, 2.05) is 0 Å². The summed E-state index contributed by atoms with van der Waals surface area (Å²) in [6.45, 7) is 1.23. The minimum Gasteiger partial charge on any atom is -0.508 e. The Morgan fingerprint density at radius 3 is 2.28 bits per heavy atom. The Kier molecular flexibility index (Phi) is 3.57. The third kappa shape index (κ3) is 2.13. The maximum absolute atomic E-state index is 12.9. The van der Waals surface area contributed by atoms with Crippen molar-refractivity contribution in [1.29, 1.82) is 0 Å². The van der Waals surface area contributed by atoms with Crippen LogP contribution in [0.4, 0.5) is 13.2 Å². The van der Waals surface area contributed by atoms with Crippen molar-refractivity contribution in [3.63, 3.8) is 0 Å². The number of aliphatic hydroxyl groups is 1. The second-order valence-electron chi connectivity index (χ2n) is 3.70. The second kappa shape index (κ2) is 4.49. The van der Waals surface area contributed by atoms with Gasteiger partial charge in [0.1, 0.15) is 5.75 Å². The molecule has 0 aliphatic carbocycles. The first-order chi connectivity index (χ1) is 8.14. The number of aryl methyl sites for hydroxylation is 1. The molecule has 1 rings (SSSR count). The maximum atomic E-state index is 12.9. The molecule has 0 fully saturated rings. The Balaban J connectivity index is 3.50. The zero-order valence-corrected chi connectivity index (χ0v) is 9.58. The molecule has 0 amide bonds. The number of alkyl halides is 3. The van der Waals surface area contributed by atoms with Gasteiger partial charge in [-0.15, -0.1) is 0 Å². The van der Waals surface area contributed by atoms with Crippen molar-refractivity contribution in [2.75, 3.05) is 7.11 Å². The van der Waals surface area contributed by atoms with Gasteiger partial charge in [0.05, 0.1) is 7.11 Å². The summed E-state index contributed by atoms with van der Waals surface area (Å²) in [5, 5.41) is 18.8. The first kappa shape index (κ1) is 14.3. The number of carbonyl (C=O) groups excluding carboxylic acids is 1. The number of phenols is 1. The fourth-order valence-electron chi connectivity index (χ4n) is 1.58. The molecule has 0 aromatic heterocycles. The van der Waals surface area contributed by atoms with Crippen LogP contribution in [-0.2, 0) is 15.1 Å². The van der Waals surface area contributed by atoms with Crippen LogP contribution in [-0.4, -0.2) is 29.5 Å². The largest absolute Gasteiger partial charge is 0.508 e. The number of esters is 1. The molecule has 0 aliphatic heterocycles. The van der Waals surface area contributed by atoms with Crippen LogP contribution in [0.15, 0.2) is 18.2 Å². The average Bonchev–Trinajstić information content (AvgIpc) is 2.25. The van der Waals surface area contributed by atoms with Crippen LogP contribution >= 0.6 is 0 Å². The minimum absolute atomic E-state index is 0.0831. The van der Waals surface area contributed by atoms with Gasteiger partial charge in [0, 0.05) is 5.56 Å². The molecule has 2 N–H and O–H groups in total. The molecule has 0 spiro atoms. The predicted molar refractivity (Wildman–Crippen MR) is 54.8 cm³/mol. The molecule has 1 aromatic carbocycles. The molecule has 0 saturated heterocycles. The van der Waals surface area contributed by atoms with Crippen LogP contribution in [0.1, 0.15) is 11.1 Å². The zero-order chi connectivity index (χ0) is 14.1. The number of rotatable bonds is 2. The SMILES string of the molecule is COC(=O)[C@](O)(c1ccc(O)cc1C)C(F)(F)F. The van der Waals surface area contributed by atoms with Crippen LogP contribution in [0, 0.1) is 6.92 Å². The molecule has 0 radical (unpaired) electrons. The molecular weight excluding hydrogens is 253 g/mol. The maximum Gasteiger partial charge on any atom is 0.432 e. The molecule has 4 nitrogen and oxygen atoms in total. The molecule has 0 heterocycles. The summed E-state index contributed by atoms with van der Waals surface area (Å²) in [7, 11) is 0.745. The highest BCUT2D eigenvalue weighted by Gasteiger charge is 2.62. The van der Waals surface area contributed by atoms with Gasteiger partial charge in [-0.1, -0.05) is 6.07 Å². The molecule has 1 aromatic rings. The van der Waals surface area contributed by atoms with E-state index in [1.165, 1.54) is 6.92 Å². The van der Waals surface area contributed by atoms with E-state index in [1.54, 1.807) is 0 Å². The molecule has 0 saturated carbocycles. The highest BCUT2D eigenvalue weighted by Crippen LogP contribution is 2.41. The lowest BCUT2D eigenvalue weighted by molar-refractivity contribution is -0.267. The van der Waals surface area contributed by atoms with Crippen LogP contribution < -0.4 is 0 Å². The summed E-state index contributed by atoms with van der Waals surface area (Å²) in [5.74, 6) is -2.10. The van der Waals surface area contributed by atoms with Crippen molar-refractivity contribution >= 4 is 5.97 Å². The Bertz CT molecular complexity index is 470. The van der Waals surface area contributed by atoms with Crippen LogP contribution in [0.25, 0.3) is 0 Å². The number of aromatic hydroxyl groups is 1. The lowest BCUT2D eigenvalue weighted by Gasteiger charge is -2.29. The van der Waals surface area contributed by atoms with Gasteiger partial charge in [0.15, 0.2) is 0 Å². The average molecular weight is 264 g/mol. The Morgan fingerprint density at radius 1 is 1.33 bits per heavy atom. The molecule has 0 bridgehead atoms. The van der Waals surface area contributed by atoms with Gasteiger partial charge < -0.3 is 14.9 Å². The highest BCUT2D eigenvalue weighted by molar-refractivity contribution is 5.82. The highest BCUT2D eigenvalue weighted by atomic mass is 19.4. The number of halogens is 3. The normalized spacial score (nSPS) is 15.0. The standard InChI is InChI=1S/C11H11F3O4/c1-6-5-7(15)3-4-8(6)10(17,9(16)18-2)11(12,13)14/h3-5,15,17H,1-2H3/t10-/m1/s1. The molecule has 1 atom stereocenters. The number of methoxy groups -OCH3 is 1. The van der Waals surface area contributed by atoms with Gasteiger partial charge in [-0.3, -0.25) is 0 Å². The fraction of sp³-hybridized carbons (Fsp3) is 0.364. The van der Waals surface area contributed by atoms with Crippen LogP contribution in [0.2, 0.25) is 0 Å². The van der Waals surface area contributed by atoms with Gasteiger partial charge in [-0.25, -0.2) is 4.79 Å². The smallest absolute Gasteiger partial charge is 0.432 e. The summed E-state index contributed by atoms with van der Waals surface area (Å²) < 4.78 is 42.7. The monoisotopic (exact) mass is 264 g/mol. The minimum atomic E-state index is -5.23. The zero-order valence-electron chi connectivity index (χ0n) is 9.58. The van der Waals surface area contributed by atoms with E-state index >= 15 is 0 Å². The van der Waals surface area contributed by atoms with E-state index in [-0.39, 0.29) is 11.3 Å². The van der Waals surface area contributed by atoms with Gasteiger partial charge >= 0.3 is 12.1 Å². The quantitative estimate of drug-likeness (QED) is 0.797. The van der Waals surface area contributed by atoms with E-state index in [2.05, 4.69) is 4.74 Å². The molecular formula is C11H11F3O4. The predicted octanol–water partition coefficient (Wildman–Crippen LogP) is 1.62.